The molecule has 0 aliphatic carbocycles. The van der Waals surface area contributed by atoms with Crippen molar-refractivity contribution in [2.24, 2.45) is 4.99 Å². The molecule has 0 aromatic heterocycles. The van der Waals surface area contributed by atoms with E-state index in [0.29, 0.717) is 5.04 Å². The average Bonchev–Trinajstić information content (AvgIpc) is 2.71. The van der Waals surface area contributed by atoms with Gasteiger partial charge in [-0.15, -0.1) is 11.8 Å². The van der Waals surface area contributed by atoms with E-state index in [9.17, 15) is 4.79 Å². The van der Waals surface area contributed by atoms with Gasteiger partial charge in [-0.05, 0) is 0 Å². The molecular weight excluding hydrogens is 182 g/mol. The van der Waals surface area contributed by atoms with Crippen molar-refractivity contribution >= 4 is 22.6 Å². The molecule has 1 heterocycles. The van der Waals surface area contributed by atoms with E-state index in [4.69, 9.17) is 0 Å². The van der Waals surface area contributed by atoms with E-state index in [1.54, 1.807) is 11.8 Å². The highest BCUT2D eigenvalue weighted by atomic mass is 32.2. The lowest BCUT2D eigenvalue weighted by Gasteiger charge is -1.97. The molecular formula is C10H9NOS. The topological polar surface area (TPSA) is 29.4 Å². The summed E-state index contributed by atoms with van der Waals surface area (Å²) in [7, 11) is 0. The Kier molecular flexibility index (Phi) is 2.45. The number of rotatable bonds is 2. The number of thioether (sulfide) groups is 1. The van der Waals surface area contributed by atoms with Gasteiger partial charge < -0.3 is 0 Å². The molecule has 1 aliphatic heterocycles. The van der Waals surface area contributed by atoms with Crippen LogP contribution in [0.4, 0.5) is 0 Å². The summed E-state index contributed by atoms with van der Waals surface area (Å²) in [5.41, 5.74) is 0.732. The van der Waals surface area contributed by atoms with Crippen molar-refractivity contribution in [3.8, 4) is 0 Å². The van der Waals surface area contributed by atoms with Crippen molar-refractivity contribution in [1.29, 1.82) is 0 Å². The number of Topliss-reactive ketones (excluding diaryl/α,β-unsaturated/α-hetero) is 1. The zero-order valence-electron chi connectivity index (χ0n) is 7.06. The molecule has 0 saturated heterocycles. The summed E-state index contributed by atoms with van der Waals surface area (Å²) in [6, 6.07) is 9.29. The van der Waals surface area contributed by atoms with E-state index in [0.717, 1.165) is 17.9 Å². The lowest BCUT2D eigenvalue weighted by molar-refractivity contribution is 0.106. The molecule has 0 atom stereocenters. The van der Waals surface area contributed by atoms with Crippen molar-refractivity contribution in [3.63, 3.8) is 0 Å². The van der Waals surface area contributed by atoms with Gasteiger partial charge in [0.15, 0.2) is 0 Å². The summed E-state index contributed by atoms with van der Waals surface area (Å²) in [5, 5.41) is 0.659. The van der Waals surface area contributed by atoms with Crippen molar-refractivity contribution in [2.45, 2.75) is 0 Å². The highest BCUT2D eigenvalue weighted by Crippen LogP contribution is 2.15. The average molecular weight is 191 g/mol. The van der Waals surface area contributed by atoms with Crippen LogP contribution in [0.3, 0.4) is 0 Å². The number of ketones is 1. The normalized spacial score (nSPS) is 15.5. The molecule has 66 valence electrons. The molecule has 0 bridgehead atoms. The Morgan fingerprint density at radius 2 is 2.08 bits per heavy atom. The molecule has 3 heteroatoms. The van der Waals surface area contributed by atoms with Gasteiger partial charge in [-0.3, -0.25) is 9.79 Å². The van der Waals surface area contributed by atoms with Crippen molar-refractivity contribution in [3.05, 3.63) is 35.9 Å². The number of carbonyl (C=O) groups is 1. The minimum Gasteiger partial charge on any atom is -0.286 e. The minimum atomic E-state index is 0.0584. The zero-order valence-corrected chi connectivity index (χ0v) is 7.88. The molecule has 2 nitrogen and oxygen atoms in total. The SMILES string of the molecule is O=C(C1=NCCS1)c1ccccc1. The van der Waals surface area contributed by atoms with Gasteiger partial charge in [-0.25, -0.2) is 0 Å². The van der Waals surface area contributed by atoms with E-state index in [-0.39, 0.29) is 5.78 Å². The molecule has 0 radical (unpaired) electrons. The molecule has 0 spiro atoms. The van der Waals surface area contributed by atoms with Gasteiger partial charge in [-0.2, -0.15) is 0 Å². The van der Waals surface area contributed by atoms with Crippen LogP contribution in [0.25, 0.3) is 0 Å². The third-order valence-corrected chi connectivity index (χ3v) is 2.79. The van der Waals surface area contributed by atoms with E-state index in [2.05, 4.69) is 4.99 Å². The van der Waals surface area contributed by atoms with Gasteiger partial charge >= 0.3 is 0 Å². The molecule has 1 aliphatic rings. The smallest absolute Gasteiger partial charge is 0.217 e. The Balaban J connectivity index is 2.23. The largest absolute Gasteiger partial charge is 0.286 e. The highest BCUT2D eigenvalue weighted by Gasteiger charge is 2.16. The van der Waals surface area contributed by atoms with Crippen molar-refractivity contribution in [2.75, 3.05) is 12.3 Å². The van der Waals surface area contributed by atoms with E-state index in [1.165, 1.54) is 0 Å². The van der Waals surface area contributed by atoms with Gasteiger partial charge in [0.25, 0.3) is 0 Å². The van der Waals surface area contributed by atoms with Gasteiger partial charge in [0, 0.05) is 17.9 Å². The fraction of sp³-hybridized carbons (Fsp3) is 0.200. The Morgan fingerprint density at radius 3 is 2.69 bits per heavy atom. The third-order valence-electron chi connectivity index (χ3n) is 1.82. The summed E-state index contributed by atoms with van der Waals surface area (Å²) in [6.07, 6.45) is 0. The van der Waals surface area contributed by atoms with E-state index in [1.807, 2.05) is 30.3 Å². The minimum absolute atomic E-state index is 0.0584. The Labute approximate surface area is 81.1 Å². The summed E-state index contributed by atoms with van der Waals surface area (Å²) < 4.78 is 0. The summed E-state index contributed by atoms with van der Waals surface area (Å²) in [4.78, 5) is 15.8. The molecule has 1 aromatic carbocycles. The number of benzene rings is 1. The second-order valence-electron chi connectivity index (χ2n) is 2.73. The van der Waals surface area contributed by atoms with Gasteiger partial charge in [0.2, 0.25) is 5.78 Å². The monoisotopic (exact) mass is 191 g/mol. The van der Waals surface area contributed by atoms with Gasteiger partial charge in [-0.1, -0.05) is 30.3 Å². The van der Waals surface area contributed by atoms with Crippen molar-refractivity contribution in [1.82, 2.24) is 0 Å². The fourth-order valence-electron chi connectivity index (χ4n) is 1.19. The molecule has 0 unspecified atom stereocenters. The maximum Gasteiger partial charge on any atom is 0.217 e. The molecule has 2 rings (SSSR count). The second kappa shape index (κ2) is 3.75. The predicted molar refractivity (Wildman–Crippen MR) is 55.5 cm³/mol. The maximum absolute atomic E-state index is 11.7. The lowest BCUT2D eigenvalue weighted by atomic mass is 10.1. The number of aliphatic imine (C=N–C) groups is 1. The molecule has 0 N–H and O–H groups in total. The number of carbonyl (C=O) groups excluding carboxylic acids is 1. The van der Waals surface area contributed by atoms with Crippen LogP contribution >= 0.6 is 11.8 Å². The first-order chi connectivity index (χ1) is 6.38. The molecule has 0 amide bonds. The van der Waals surface area contributed by atoms with Crippen LogP contribution < -0.4 is 0 Å². The van der Waals surface area contributed by atoms with Gasteiger partial charge in [0.1, 0.15) is 5.04 Å². The quantitative estimate of drug-likeness (QED) is 0.669. The van der Waals surface area contributed by atoms with Crippen LogP contribution in [-0.4, -0.2) is 23.1 Å². The standard InChI is InChI=1S/C10H9NOS/c12-9(10-11-6-7-13-10)8-4-2-1-3-5-8/h1-5H,6-7H2. The maximum atomic E-state index is 11.7. The first-order valence-corrected chi connectivity index (χ1v) is 5.13. The molecule has 0 saturated carbocycles. The van der Waals surface area contributed by atoms with Crippen LogP contribution in [0.2, 0.25) is 0 Å². The predicted octanol–water partition coefficient (Wildman–Crippen LogP) is 2.01. The Bertz CT molecular complexity index is 345. The second-order valence-corrected chi connectivity index (χ2v) is 3.81. The third kappa shape index (κ3) is 1.80. The molecule has 1 aromatic rings. The van der Waals surface area contributed by atoms with Crippen LogP contribution in [0.15, 0.2) is 35.3 Å². The van der Waals surface area contributed by atoms with Crippen LogP contribution in [0.1, 0.15) is 10.4 Å². The first-order valence-electron chi connectivity index (χ1n) is 4.15. The number of hydrogen-bond acceptors (Lipinski definition) is 3. The summed E-state index contributed by atoms with van der Waals surface area (Å²) >= 11 is 1.55. The number of hydrogen-bond donors (Lipinski definition) is 0. The molecule has 13 heavy (non-hydrogen) atoms. The van der Waals surface area contributed by atoms with E-state index >= 15 is 0 Å². The fourth-order valence-corrected chi connectivity index (χ4v) is 1.99. The van der Waals surface area contributed by atoms with Crippen LogP contribution in [0, 0.1) is 0 Å². The summed E-state index contributed by atoms with van der Waals surface area (Å²) in [5.74, 6) is 0.997. The molecule has 0 fully saturated rings. The van der Waals surface area contributed by atoms with Gasteiger partial charge in [0.05, 0.1) is 0 Å². The highest BCUT2D eigenvalue weighted by molar-refractivity contribution is 8.16. The zero-order chi connectivity index (χ0) is 9.10. The number of nitrogens with zero attached hydrogens (tertiary/aromatic N) is 1. The van der Waals surface area contributed by atoms with Crippen LogP contribution in [-0.2, 0) is 0 Å². The Morgan fingerprint density at radius 1 is 1.31 bits per heavy atom. The first kappa shape index (κ1) is 8.51. The van der Waals surface area contributed by atoms with Crippen molar-refractivity contribution < 1.29 is 4.79 Å². The Hall–Kier alpha value is -1.09. The van der Waals surface area contributed by atoms with Crippen LogP contribution in [0.5, 0.6) is 0 Å². The summed E-state index contributed by atoms with van der Waals surface area (Å²) in [6.45, 7) is 0.776. The lowest BCUT2D eigenvalue weighted by Crippen LogP contribution is -2.08. The van der Waals surface area contributed by atoms with E-state index < -0.39 is 0 Å².